The van der Waals surface area contributed by atoms with E-state index in [0.29, 0.717) is 6.54 Å². The lowest BCUT2D eigenvalue weighted by Crippen LogP contribution is -2.20. The Morgan fingerprint density at radius 1 is 1.06 bits per heavy atom. The van der Waals surface area contributed by atoms with Crippen LogP contribution in [0.15, 0.2) is 54.7 Å². The Morgan fingerprint density at radius 2 is 1.81 bits per heavy atom. The zero-order valence-electron chi connectivity index (χ0n) is 8.78. The van der Waals surface area contributed by atoms with Crippen LogP contribution in [0.1, 0.15) is 5.69 Å². The third kappa shape index (κ3) is 2.45. The molecule has 2 aromatic rings. The third-order valence-electron chi connectivity index (χ3n) is 2.27. The lowest BCUT2D eigenvalue weighted by Gasteiger charge is -2.16. The van der Waals surface area contributed by atoms with E-state index < -0.39 is 0 Å². The Bertz CT molecular complexity index is 442. The number of hydrogen-bond donors (Lipinski definition) is 0. The topological polar surface area (TPSA) is 33.2 Å². The smallest absolute Gasteiger partial charge is 0.214 e. The SMILES string of the molecule is O=CN(Cc1ccccn1)c1ccccc1. The third-order valence-corrected chi connectivity index (χ3v) is 2.27. The molecule has 0 radical (unpaired) electrons. The Morgan fingerprint density at radius 3 is 2.44 bits per heavy atom. The van der Waals surface area contributed by atoms with Crippen molar-refractivity contribution in [1.82, 2.24) is 4.98 Å². The van der Waals surface area contributed by atoms with Crippen molar-refractivity contribution in [2.75, 3.05) is 4.90 Å². The van der Waals surface area contributed by atoms with Crippen molar-refractivity contribution < 1.29 is 4.79 Å². The molecule has 0 fully saturated rings. The molecule has 1 aromatic heterocycles. The van der Waals surface area contributed by atoms with Crippen molar-refractivity contribution in [3.05, 3.63) is 60.4 Å². The monoisotopic (exact) mass is 212 g/mol. The molecule has 1 aromatic carbocycles. The highest BCUT2D eigenvalue weighted by atomic mass is 16.1. The van der Waals surface area contributed by atoms with Crippen LogP contribution in [0, 0.1) is 0 Å². The minimum absolute atomic E-state index is 0.494. The standard InChI is InChI=1S/C13H12N2O/c16-11-15(13-7-2-1-3-8-13)10-12-6-4-5-9-14-12/h1-9,11H,10H2. The summed E-state index contributed by atoms with van der Waals surface area (Å²) in [4.78, 5) is 16.8. The van der Waals surface area contributed by atoms with Crippen LogP contribution in [-0.4, -0.2) is 11.4 Å². The first-order chi connectivity index (χ1) is 7.90. The number of nitrogens with zero attached hydrogens (tertiary/aromatic N) is 2. The number of benzene rings is 1. The molecule has 2 rings (SSSR count). The quantitative estimate of drug-likeness (QED) is 0.728. The summed E-state index contributed by atoms with van der Waals surface area (Å²) >= 11 is 0. The Hall–Kier alpha value is -2.16. The molecule has 80 valence electrons. The van der Waals surface area contributed by atoms with Gasteiger partial charge in [0.05, 0.1) is 12.2 Å². The summed E-state index contributed by atoms with van der Waals surface area (Å²) in [7, 11) is 0. The zero-order valence-corrected chi connectivity index (χ0v) is 8.78. The van der Waals surface area contributed by atoms with Crippen molar-refractivity contribution in [3.63, 3.8) is 0 Å². The van der Waals surface area contributed by atoms with Crippen LogP contribution in [-0.2, 0) is 11.3 Å². The van der Waals surface area contributed by atoms with Gasteiger partial charge < -0.3 is 4.90 Å². The van der Waals surface area contributed by atoms with E-state index >= 15 is 0 Å². The fraction of sp³-hybridized carbons (Fsp3) is 0.0769. The van der Waals surface area contributed by atoms with E-state index in [1.165, 1.54) is 0 Å². The summed E-state index contributed by atoms with van der Waals surface area (Å²) in [6.07, 6.45) is 2.55. The molecule has 0 bridgehead atoms. The normalized spacial score (nSPS) is 9.75. The van der Waals surface area contributed by atoms with Crippen molar-refractivity contribution in [3.8, 4) is 0 Å². The minimum atomic E-state index is 0.494. The van der Waals surface area contributed by atoms with Gasteiger partial charge in [0.15, 0.2) is 0 Å². The number of para-hydroxylation sites is 1. The zero-order chi connectivity index (χ0) is 11.2. The molecule has 0 unspecified atom stereocenters. The first-order valence-electron chi connectivity index (χ1n) is 5.07. The second-order valence-electron chi connectivity index (χ2n) is 3.39. The number of aromatic nitrogens is 1. The molecule has 0 atom stereocenters. The summed E-state index contributed by atoms with van der Waals surface area (Å²) in [6.45, 7) is 0.494. The highest BCUT2D eigenvalue weighted by Gasteiger charge is 2.05. The van der Waals surface area contributed by atoms with E-state index in [0.717, 1.165) is 17.8 Å². The van der Waals surface area contributed by atoms with E-state index in [4.69, 9.17) is 0 Å². The van der Waals surface area contributed by atoms with Crippen LogP contribution in [0.2, 0.25) is 0 Å². The van der Waals surface area contributed by atoms with Gasteiger partial charge in [-0.2, -0.15) is 0 Å². The van der Waals surface area contributed by atoms with Crippen molar-refractivity contribution in [2.24, 2.45) is 0 Å². The van der Waals surface area contributed by atoms with Gasteiger partial charge in [-0.15, -0.1) is 0 Å². The number of rotatable bonds is 4. The Kier molecular flexibility index (Phi) is 3.28. The predicted molar refractivity (Wildman–Crippen MR) is 62.9 cm³/mol. The molecule has 0 saturated heterocycles. The molecular formula is C13H12N2O. The van der Waals surface area contributed by atoms with Gasteiger partial charge in [0.2, 0.25) is 6.41 Å². The summed E-state index contributed by atoms with van der Waals surface area (Å²) < 4.78 is 0. The van der Waals surface area contributed by atoms with Crippen LogP contribution in [0.5, 0.6) is 0 Å². The number of anilines is 1. The lowest BCUT2D eigenvalue weighted by molar-refractivity contribution is -0.107. The van der Waals surface area contributed by atoms with Crippen LogP contribution >= 0.6 is 0 Å². The summed E-state index contributed by atoms with van der Waals surface area (Å²) in [5.74, 6) is 0. The first kappa shape index (κ1) is 10.4. The van der Waals surface area contributed by atoms with E-state index in [1.54, 1.807) is 11.1 Å². The minimum Gasteiger partial charge on any atom is -0.309 e. The van der Waals surface area contributed by atoms with Gasteiger partial charge in [0.25, 0.3) is 0 Å². The highest BCUT2D eigenvalue weighted by molar-refractivity contribution is 5.74. The van der Waals surface area contributed by atoms with E-state index in [-0.39, 0.29) is 0 Å². The van der Waals surface area contributed by atoms with Crippen LogP contribution in [0.3, 0.4) is 0 Å². The highest BCUT2D eigenvalue weighted by Crippen LogP contribution is 2.13. The van der Waals surface area contributed by atoms with Crippen LogP contribution in [0.4, 0.5) is 5.69 Å². The molecule has 16 heavy (non-hydrogen) atoms. The van der Waals surface area contributed by atoms with E-state index in [1.807, 2.05) is 48.5 Å². The summed E-state index contributed by atoms with van der Waals surface area (Å²) in [5, 5.41) is 0. The van der Waals surface area contributed by atoms with Crippen LogP contribution in [0.25, 0.3) is 0 Å². The molecule has 0 aliphatic rings. The molecule has 3 heteroatoms. The molecule has 0 aliphatic carbocycles. The second-order valence-corrected chi connectivity index (χ2v) is 3.39. The molecular weight excluding hydrogens is 200 g/mol. The Balaban J connectivity index is 2.16. The van der Waals surface area contributed by atoms with Gasteiger partial charge in [-0.3, -0.25) is 9.78 Å². The fourth-order valence-electron chi connectivity index (χ4n) is 1.48. The van der Waals surface area contributed by atoms with Gasteiger partial charge in [-0.1, -0.05) is 24.3 Å². The van der Waals surface area contributed by atoms with Crippen LogP contribution < -0.4 is 4.90 Å². The summed E-state index contributed by atoms with van der Waals surface area (Å²) in [5.41, 5.74) is 1.75. The number of carbonyl (C=O) groups is 1. The average Bonchev–Trinajstić information content (AvgIpc) is 2.38. The van der Waals surface area contributed by atoms with Gasteiger partial charge in [-0.25, -0.2) is 0 Å². The van der Waals surface area contributed by atoms with Crippen molar-refractivity contribution in [1.29, 1.82) is 0 Å². The molecule has 1 amide bonds. The van der Waals surface area contributed by atoms with E-state index in [9.17, 15) is 4.79 Å². The van der Waals surface area contributed by atoms with Gasteiger partial charge >= 0.3 is 0 Å². The maximum atomic E-state index is 11.0. The lowest BCUT2D eigenvalue weighted by atomic mass is 10.2. The Labute approximate surface area is 94.4 Å². The molecule has 3 nitrogen and oxygen atoms in total. The van der Waals surface area contributed by atoms with Crippen molar-refractivity contribution in [2.45, 2.75) is 6.54 Å². The fourth-order valence-corrected chi connectivity index (χ4v) is 1.48. The van der Waals surface area contributed by atoms with Gasteiger partial charge in [-0.05, 0) is 24.3 Å². The number of amides is 1. The predicted octanol–water partition coefficient (Wildman–Crippen LogP) is 2.24. The van der Waals surface area contributed by atoms with Gasteiger partial charge in [0.1, 0.15) is 0 Å². The maximum absolute atomic E-state index is 11.0. The largest absolute Gasteiger partial charge is 0.309 e. The molecule has 1 heterocycles. The summed E-state index contributed by atoms with van der Waals surface area (Å²) in [6, 6.07) is 15.2. The first-order valence-corrected chi connectivity index (χ1v) is 5.07. The molecule has 0 spiro atoms. The van der Waals surface area contributed by atoms with Crippen molar-refractivity contribution >= 4 is 12.1 Å². The molecule has 0 aliphatic heterocycles. The average molecular weight is 212 g/mol. The number of pyridine rings is 1. The number of carbonyl (C=O) groups excluding carboxylic acids is 1. The molecule has 0 saturated carbocycles. The second kappa shape index (κ2) is 5.07. The van der Waals surface area contributed by atoms with E-state index in [2.05, 4.69) is 4.98 Å². The number of hydrogen-bond acceptors (Lipinski definition) is 2. The van der Waals surface area contributed by atoms with Gasteiger partial charge in [0, 0.05) is 11.9 Å². The maximum Gasteiger partial charge on any atom is 0.214 e. The molecule has 0 N–H and O–H groups in total.